The lowest BCUT2D eigenvalue weighted by Gasteiger charge is -2.19. The van der Waals surface area contributed by atoms with Gasteiger partial charge in [0.15, 0.2) is 11.5 Å². The Balaban J connectivity index is 1.65. The Kier molecular flexibility index (Phi) is 6.30. The predicted octanol–water partition coefficient (Wildman–Crippen LogP) is 5.04. The number of carbonyl (C=O) groups excluding carboxylic acids is 2. The van der Waals surface area contributed by atoms with Gasteiger partial charge in [0.05, 0.1) is 5.41 Å². The summed E-state index contributed by atoms with van der Waals surface area (Å²) in [4.78, 5) is 26.7. The second-order valence-corrected chi connectivity index (χ2v) is 8.78. The molecule has 10 heteroatoms. The van der Waals surface area contributed by atoms with E-state index in [-0.39, 0.29) is 28.7 Å². The molecule has 0 radical (unpaired) electrons. The van der Waals surface area contributed by atoms with Crippen LogP contribution in [-0.2, 0) is 10.2 Å². The van der Waals surface area contributed by atoms with E-state index in [1.54, 1.807) is 20.2 Å². The fourth-order valence-electron chi connectivity index (χ4n) is 3.94. The zero-order valence-electron chi connectivity index (χ0n) is 19.4. The van der Waals surface area contributed by atoms with E-state index < -0.39 is 23.4 Å². The number of phenolic OH excluding ortho intramolecular Hbond substituents is 2. The Hall–Kier alpha value is -4.21. The SMILES string of the molecule is CN(C)C(=O)c1ccc(-c2cc(NC(=O)C3(c4ccc(O)c(O)c4)CC3)ccc2OC(F)(F)F)cc1. The number of phenols is 2. The average Bonchev–Trinajstić information content (AvgIpc) is 3.63. The van der Waals surface area contributed by atoms with Gasteiger partial charge in [0.25, 0.3) is 5.91 Å². The highest BCUT2D eigenvalue weighted by Gasteiger charge is 2.51. The maximum absolute atomic E-state index is 13.1. The number of alkyl halides is 3. The van der Waals surface area contributed by atoms with Crippen LogP contribution in [-0.4, -0.2) is 47.4 Å². The molecule has 2 amide bonds. The third kappa shape index (κ3) is 5.07. The molecule has 3 aromatic carbocycles. The molecule has 36 heavy (non-hydrogen) atoms. The number of halogens is 3. The van der Waals surface area contributed by atoms with Crippen molar-refractivity contribution in [1.82, 2.24) is 4.90 Å². The molecule has 0 unspecified atom stereocenters. The van der Waals surface area contributed by atoms with Gasteiger partial charge in [-0.2, -0.15) is 0 Å². The van der Waals surface area contributed by atoms with Gasteiger partial charge >= 0.3 is 6.36 Å². The zero-order chi connectivity index (χ0) is 26.3. The average molecular weight is 500 g/mol. The van der Waals surface area contributed by atoms with Crippen molar-refractivity contribution in [3.05, 3.63) is 71.8 Å². The third-order valence-electron chi connectivity index (χ3n) is 6.02. The van der Waals surface area contributed by atoms with Gasteiger partial charge in [-0.05, 0) is 66.4 Å². The summed E-state index contributed by atoms with van der Waals surface area (Å²) < 4.78 is 43.3. The Morgan fingerprint density at radius 2 is 1.61 bits per heavy atom. The molecule has 0 aliphatic heterocycles. The molecule has 188 valence electrons. The van der Waals surface area contributed by atoms with Gasteiger partial charge in [-0.3, -0.25) is 9.59 Å². The van der Waals surface area contributed by atoms with Crippen LogP contribution < -0.4 is 10.1 Å². The molecule has 1 aliphatic carbocycles. The van der Waals surface area contributed by atoms with Crippen LogP contribution in [0.1, 0.15) is 28.8 Å². The second-order valence-electron chi connectivity index (χ2n) is 8.78. The maximum atomic E-state index is 13.1. The van der Waals surface area contributed by atoms with Gasteiger partial charge in [-0.25, -0.2) is 0 Å². The van der Waals surface area contributed by atoms with E-state index in [4.69, 9.17) is 0 Å². The number of nitrogens with one attached hydrogen (secondary N) is 1. The summed E-state index contributed by atoms with van der Waals surface area (Å²) in [7, 11) is 3.17. The number of anilines is 1. The molecular formula is C26H23F3N2O5. The number of aromatic hydroxyl groups is 2. The number of ether oxygens (including phenoxy) is 1. The fraction of sp³-hybridized carbons (Fsp3) is 0.231. The van der Waals surface area contributed by atoms with E-state index in [2.05, 4.69) is 10.1 Å². The van der Waals surface area contributed by atoms with Gasteiger partial charge in [0.1, 0.15) is 5.75 Å². The lowest BCUT2D eigenvalue weighted by molar-refractivity contribution is -0.274. The number of carbonyl (C=O) groups is 2. The van der Waals surface area contributed by atoms with Crippen LogP contribution >= 0.6 is 0 Å². The molecule has 0 saturated heterocycles. The molecule has 0 heterocycles. The molecule has 1 aliphatic rings. The van der Waals surface area contributed by atoms with Crippen LogP contribution in [0, 0.1) is 0 Å². The Morgan fingerprint density at radius 1 is 0.944 bits per heavy atom. The Labute approximate surface area is 204 Å². The molecule has 0 spiro atoms. The lowest BCUT2D eigenvalue weighted by Crippen LogP contribution is -2.27. The molecule has 3 N–H and O–H groups in total. The minimum absolute atomic E-state index is 0.0705. The van der Waals surface area contributed by atoms with Crippen LogP contribution in [0.4, 0.5) is 18.9 Å². The molecule has 0 atom stereocenters. The van der Waals surface area contributed by atoms with Gasteiger partial charge in [-0.15, -0.1) is 13.2 Å². The molecule has 1 saturated carbocycles. The number of nitrogens with zero attached hydrogens (tertiary/aromatic N) is 1. The zero-order valence-corrected chi connectivity index (χ0v) is 19.4. The van der Waals surface area contributed by atoms with E-state index in [0.717, 1.165) is 6.07 Å². The second kappa shape index (κ2) is 9.10. The van der Waals surface area contributed by atoms with Gasteiger partial charge in [-0.1, -0.05) is 18.2 Å². The number of benzene rings is 3. The van der Waals surface area contributed by atoms with Crippen LogP contribution in [0.25, 0.3) is 11.1 Å². The summed E-state index contributed by atoms with van der Waals surface area (Å²) >= 11 is 0. The smallest absolute Gasteiger partial charge is 0.504 e. The van der Waals surface area contributed by atoms with Gasteiger partial charge < -0.3 is 25.2 Å². The first-order chi connectivity index (χ1) is 16.9. The van der Waals surface area contributed by atoms with E-state index in [1.165, 1.54) is 53.4 Å². The number of hydrogen-bond acceptors (Lipinski definition) is 5. The molecule has 3 aromatic rings. The van der Waals surface area contributed by atoms with E-state index >= 15 is 0 Å². The molecule has 0 aromatic heterocycles. The van der Waals surface area contributed by atoms with Crippen LogP contribution in [0.3, 0.4) is 0 Å². The highest BCUT2D eigenvalue weighted by atomic mass is 19.4. The van der Waals surface area contributed by atoms with Crippen molar-refractivity contribution < 1.29 is 37.7 Å². The van der Waals surface area contributed by atoms with Crippen LogP contribution in [0.15, 0.2) is 60.7 Å². The third-order valence-corrected chi connectivity index (χ3v) is 6.02. The summed E-state index contributed by atoms with van der Waals surface area (Å²) in [5.74, 6) is -1.77. The molecule has 7 nitrogen and oxygen atoms in total. The monoisotopic (exact) mass is 500 g/mol. The first kappa shape index (κ1) is 24.9. The van der Waals surface area contributed by atoms with Gasteiger partial charge in [0.2, 0.25) is 5.91 Å². The first-order valence-electron chi connectivity index (χ1n) is 11.0. The Bertz CT molecular complexity index is 1320. The largest absolute Gasteiger partial charge is 0.573 e. The normalized spacial score (nSPS) is 14.1. The van der Waals surface area contributed by atoms with Crippen molar-refractivity contribution in [2.24, 2.45) is 0 Å². The van der Waals surface area contributed by atoms with Crippen molar-refractivity contribution in [2.45, 2.75) is 24.6 Å². The van der Waals surface area contributed by atoms with E-state index in [0.29, 0.717) is 29.5 Å². The summed E-state index contributed by atoms with van der Waals surface area (Å²) in [6.07, 6.45) is -3.92. The summed E-state index contributed by atoms with van der Waals surface area (Å²) in [5, 5.41) is 22.1. The van der Waals surface area contributed by atoms with Crippen molar-refractivity contribution in [3.63, 3.8) is 0 Å². The van der Waals surface area contributed by atoms with Gasteiger partial charge in [0, 0.05) is 30.9 Å². The summed E-state index contributed by atoms with van der Waals surface area (Å²) in [6, 6.07) is 13.9. The summed E-state index contributed by atoms with van der Waals surface area (Å²) in [6.45, 7) is 0. The lowest BCUT2D eigenvalue weighted by atomic mass is 9.94. The van der Waals surface area contributed by atoms with Crippen molar-refractivity contribution >= 4 is 17.5 Å². The predicted molar refractivity (Wildman–Crippen MR) is 126 cm³/mol. The Morgan fingerprint density at radius 3 is 2.17 bits per heavy atom. The standard InChI is InChI=1S/C26H23F3N2O5/c1-31(2)23(34)16-5-3-15(4-6-16)19-14-18(8-10-22(19)36-26(27,28)29)30-24(35)25(11-12-25)17-7-9-20(32)21(33)13-17/h3-10,13-14,32-33H,11-12H2,1-2H3,(H,30,35). The van der Waals surface area contributed by atoms with Crippen LogP contribution in [0.2, 0.25) is 0 Å². The molecule has 4 rings (SSSR count). The maximum Gasteiger partial charge on any atom is 0.573 e. The highest BCUT2D eigenvalue weighted by Crippen LogP contribution is 2.50. The molecular weight excluding hydrogens is 477 g/mol. The topological polar surface area (TPSA) is 99.1 Å². The first-order valence-corrected chi connectivity index (χ1v) is 11.0. The quantitative estimate of drug-likeness (QED) is 0.412. The van der Waals surface area contributed by atoms with E-state index in [9.17, 15) is 33.0 Å². The molecule has 0 bridgehead atoms. The summed E-state index contributed by atoms with van der Waals surface area (Å²) in [5.41, 5.74) is 0.632. The van der Waals surface area contributed by atoms with E-state index in [1.807, 2.05) is 0 Å². The van der Waals surface area contributed by atoms with Crippen molar-refractivity contribution in [3.8, 4) is 28.4 Å². The van der Waals surface area contributed by atoms with Crippen LogP contribution in [0.5, 0.6) is 17.2 Å². The minimum Gasteiger partial charge on any atom is -0.504 e. The molecule has 1 fully saturated rings. The van der Waals surface area contributed by atoms with Crippen molar-refractivity contribution in [1.29, 1.82) is 0 Å². The number of rotatable bonds is 6. The number of amides is 2. The highest BCUT2D eigenvalue weighted by molar-refractivity contribution is 6.02. The fourth-order valence-corrected chi connectivity index (χ4v) is 3.94. The minimum atomic E-state index is -4.93. The number of hydrogen-bond donors (Lipinski definition) is 3. The van der Waals surface area contributed by atoms with Crippen molar-refractivity contribution in [2.75, 3.05) is 19.4 Å².